The number of fused-ring (bicyclic) bond motifs is 2. The molecule has 5 aromatic rings. The molecule has 490 valence electrons. The standard InChI is InChI=1S/C21H27N5O4S.C19H27NO3.C14H21N3O3S.C10H7Cl2N3O/c1-15-13-24-19(14-23-15)20(27)22-12-11-16-7-9-18(10-8-16)31(29,30)26-21(28)25-17-5-3-2-4-6-17;1-13(2)15-8-10-16(11-9-15)18(21)20-17(19(22)23)12-14-6-4-3-5-7-14;1-12-6-8-13(9-7-12)21(19,20)16-14(18)15-17-10-4-2-3-5-11-17;11-6-1-2-7-5(9(6)12)3-15-4-8(16)14-10(15)13-7/h7-10,13-14,17H,2-6,11-12H2,1H3,(H,22,27)(H2,25,26,28);3-7,13,15-17H,8-12H2,1-2H3,(H,20,21)(H,22,23);6-9H,2-5,10-11H2,1H3,(H2,15,16,18);1-2H,3-4H2,(H,13,14,16)/t;15?,16?,17-;;/m.1../s1. The molecule has 2 saturated carbocycles. The lowest BCUT2D eigenvalue weighted by Gasteiger charge is -2.30. The maximum absolute atomic E-state index is 12.4. The monoisotopic (exact) mass is 1330 g/mol. The van der Waals surface area contributed by atoms with Crippen molar-refractivity contribution in [3.05, 3.63) is 147 Å². The van der Waals surface area contributed by atoms with Gasteiger partial charge >= 0.3 is 18.0 Å². The summed E-state index contributed by atoms with van der Waals surface area (Å²) in [4.78, 5) is 85.3. The van der Waals surface area contributed by atoms with Gasteiger partial charge in [0.15, 0.2) is 0 Å². The molecule has 23 nitrogen and oxygen atoms in total. The number of aliphatic carboxylic acids is 1. The van der Waals surface area contributed by atoms with Crippen LogP contribution in [0.4, 0.5) is 15.3 Å². The summed E-state index contributed by atoms with van der Waals surface area (Å²) in [5.41, 5.74) is 7.94. The predicted molar refractivity (Wildman–Crippen MR) is 347 cm³/mol. The number of hydrazine groups is 1. The molecule has 4 heterocycles. The number of hydrogen-bond donors (Lipinski definition) is 8. The van der Waals surface area contributed by atoms with Gasteiger partial charge < -0.3 is 26.0 Å². The van der Waals surface area contributed by atoms with E-state index in [4.69, 9.17) is 23.2 Å². The first kappa shape index (κ1) is 70.7. The van der Waals surface area contributed by atoms with Crippen molar-refractivity contribution in [2.75, 3.05) is 26.2 Å². The van der Waals surface area contributed by atoms with Crippen molar-refractivity contribution in [2.45, 2.75) is 152 Å². The van der Waals surface area contributed by atoms with Crippen LogP contribution in [0.2, 0.25) is 10.0 Å². The zero-order valence-corrected chi connectivity index (χ0v) is 54.8. The van der Waals surface area contributed by atoms with Crippen LogP contribution in [0.3, 0.4) is 0 Å². The fourth-order valence-corrected chi connectivity index (χ4v) is 13.1. The molecule has 0 unspecified atom stereocenters. The Hall–Kier alpha value is -7.71. The number of carbonyl (C=O) groups excluding carboxylic acids is 5. The minimum Gasteiger partial charge on any atom is -0.480 e. The number of nitrogens with one attached hydrogen (secondary N) is 7. The van der Waals surface area contributed by atoms with Gasteiger partial charge in [-0.2, -0.15) is 0 Å². The molecular weight excluding hydrogens is 1250 g/mol. The van der Waals surface area contributed by atoms with Gasteiger partial charge in [-0.25, -0.2) is 55.6 Å². The number of aliphatic imine (C=N–C) groups is 1. The fraction of sp³-hybridized carbons (Fsp3) is 0.453. The number of nitrogens with zero attached hydrogens (tertiary/aromatic N) is 5. The van der Waals surface area contributed by atoms with E-state index in [1.54, 1.807) is 48.3 Å². The number of amides is 7. The van der Waals surface area contributed by atoms with Crippen LogP contribution in [0, 0.1) is 31.6 Å². The summed E-state index contributed by atoms with van der Waals surface area (Å²) in [5.74, 6) is 0.461. The molecule has 10 rings (SSSR count). The molecule has 8 N–H and O–H groups in total. The summed E-state index contributed by atoms with van der Waals surface area (Å²) in [6, 6.07) is 23.3. The van der Waals surface area contributed by atoms with E-state index in [0.717, 1.165) is 130 Å². The van der Waals surface area contributed by atoms with Crippen molar-refractivity contribution in [1.82, 2.24) is 56.0 Å². The number of hydrogen-bond acceptors (Lipinski definition) is 15. The Kier molecular flexibility index (Phi) is 26.5. The van der Waals surface area contributed by atoms with Gasteiger partial charge in [-0.05, 0) is 131 Å². The summed E-state index contributed by atoms with van der Waals surface area (Å²) >= 11 is 12.0. The van der Waals surface area contributed by atoms with Gasteiger partial charge in [0.1, 0.15) is 18.3 Å². The number of sulfonamides is 2. The Bertz CT molecular complexity index is 3550. The third kappa shape index (κ3) is 22.3. The van der Waals surface area contributed by atoms with Crippen molar-refractivity contribution in [3.63, 3.8) is 0 Å². The summed E-state index contributed by atoms with van der Waals surface area (Å²) in [5, 5.41) is 23.1. The van der Waals surface area contributed by atoms with Gasteiger partial charge in [-0.1, -0.05) is 129 Å². The molecule has 2 saturated heterocycles. The van der Waals surface area contributed by atoms with E-state index >= 15 is 0 Å². The number of carbonyl (C=O) groups is 6. The number of carboxylic acid groups (broad SMARTS) is 1. The quantitative estimate of drug-likeness (QED) is 0.0457. The zero-order valence-electron chi connectivity index (χ0n) is 51.7. The highest BCUT2D eigenvalue weighted by molar-refractivity contribution is 7.90. The van der Waals surface area contributed by atoms with E-state index in [0.29, 0.717) is 60.3 Å². The molecule has 1 aromatic heterocycles. The molecule has 4 aromatic carbocycles. The second kappa shape index (κ2) is 34.1. The van der Waals surface area contributed by atoms with E-state index in [2.05, 4.69) is 60.2 Å². The minimum atomic E-state index is -3.95. The molecule has 3 aliphatic heterocycles. The highest BCUT2D eigenvalue weighted by Gasteiger charge is 2.32. The van der Waals surface area contributed by atoms with Crippen LogP contribution in [0.25, 0.3) is 0 Å². The van der Waals surface area contributed by atoms with Crippen LogP contribution in [-0.2, 0) is 53.8 Å². The Labute approximate surface area is 542 Å². The largest absolute Gasteiger partial charge is 0.480 e. The summed E-state index contributed by atoms with van der Waals surface area (Å²) < 4.78 is 53.1. The topological polar surface area (TPSA) is 320 Å². The van der Waals surface area contributed by atoms with E-state index < -0.39 is 44.1 Å². The molecule has 5 aliphatic rings. The highest BCUT2D eigenvalue weighted by Crippen LogP contribution is 2.37. The van der Waals surface area contributed by atoms with E-state index in [9.17, 15) is 50.7 Å². The fourth-order valence-electron chi connectivity index (χ4n) is 10.9. The van der Waals surface area contributed by atoms with Crippen molar-refractivity contribution >= 4 is 90.6 Å². The predicted octanol–water partition coefficient (Wildman–Crippen LogP) is 9.04. The smallest absolute Gasteiger partial charge is 0.343 e. The number of guanidine groups is 1. The summed E-state index contributed by atoms with van der Waals surface area (Å²) in [7, 11) is -7.77. The number of halogens is 2. The van der Waals surface area contributed by atoms with E-state index in [-0.39, 0.29) is 45.2 Å². The Morgan fingerprint density at radius 2 is 1.32 bits per heavy atom. The van der Waals surface area contributed by atoms with Crippen LogP contribution < -0.4 is 36.1 Å². The maximum Gasteiger partial charge on any atom is 0.343 e. The van der Waals surface area contributed by atoms with Gasteiger partial charge in [0.05, 0.1) is 44.0 Å². The van der Waals surface area contributed by atoms with Crippen molar-refractivity contribution in [1.29, 1.82) is 0 Å². The number of aromatic nitrogens is 2. The lowest BCUT2D eigenvalue weighted by atomic mass is 9.76. The normalized spacial score (nSPS) is 17.7. The van der Waals surface area contributed by atoms with Crippen LogP contribution in [-0.4, -0.2) is 122 Å². The molecule has 91 heavy (non-hydrogen) atoms. The van der Waals surface area contributed by atoms with Gasteiger partial charge in [0.25, 0.3) is 26.0 Å². The molecule has 0 bridgehead atoms. The number of carboxylic acids is 1. The molecule has 1 atom stereocenters. The van der Waals surface area contributed by atoms with Crippen LogP contribution in [0.5, 0.6) is 0 Å². The number of urea groups is 2. The van der Waals surface area contributed by atoms with E-state index in [1.807, 2.05) is 46.9 Å². The second-order valence-corrected chi connectivity index (χ2v) is 27.7. The summed E-state index contributed by atoms with van der Waals surface area (Å²) in [6.45, 7) is 10.9. The van der Waals surface area contributed by atoms with Gasteiger partial charge in [-0.3, -0.25) is 30.1 Å². The zero-order chi connectivity index (χ0) is 65.7. The SMILES string of the molecule is CC(C)C1CCC(C(=O)N[C@H](Cc2ccccc2)C(=O)O)CC1.Cc1ccc(S(=O)(=O)NC(=O)NN2CCCCCC2)cc1.Cc1cnc(C(=O)NCCc2ccc(S(=O)(=O)NC(=O)NC3CCCCC3)cc2)cn1.O=C1CN2Cc3c(ccc(Cl)c3Cl)N=C2N1. The van der Waals surface area contributed by atoms with Gasteiger partial charge in [-0.15, -0.1) is 0 Å². The maximum atomic E-state index is 12.4. The molecule has 0 radical (unpaired) electrons. The molecular formula is C64H82Cl2N12O11S2. The Balaban J connectivity index is 0.000000177. The first-order valence-electron chi connectivity index (χ1n) is 30.7. The molecule has 27 heteroatoms. The lowest BCUT2D eigenvalue weighted by Crippen LogP contribution is -2.49. The second-order valence-electron chi connectivity index (χ2n) is 23.5. The van der Waals surface area contributed by atoms with Crippen molar-refractivity contribution in [3.8, 4) is 0 Å². The Morgan fingerprint density at radius 1 is 0.703 bits per heavy atom. The molecule has 2 aliphatic carbocycles. The van der Waals surface area contributed by atoms with Crippen molar-refractivity contribution in [2.24, 2.45) is 22.7 Å². The average molecular weight is 1330 g/mol. The van der Waals surface area contributed by atoms with E-state index in [1.165, 1.54) is 36.7 Å². The average Bonchev–Trinajstić information content (AvgIpc) is 2.16. The number of rotatable bonds is 16. The van der Waals surface area contributed by atoms with Crippen LogP contribution in [0.1, 0.15) is 136 Å². The molecule has 7 amide bonds. The first-order valence-corrected chi connectivity index (χ1v) is 34.5. The number of benzene rings is 4. The summed E-state index contributed by atoms with van der Waals surface area (Å²) in [6.07, 6.45) is 16.9. The van der Waals surface area contributed by atoms with Crippen molar-refractivity contribution < 1.29 is 50.7 Å². The first-order chi connectivity index (χ1) is 43.4. The molecule has 4 fully saturated rings. The third-order valence-electron chi connectivity index (χ3n) is 16.2. The van der Waals surface area contributed by atoms with Crippen LogP contribution in [0.15, 0.2) is 118 Å². The van der Waals surface area contributed by atoms with Gasteiger partial charge in [0, 0.05) is 49.8 Å². The van der Waals surface area contributed by atoms with Crippen LogP contribution >= 0.6 is 23.2 Å². The minimum absolute atomic E-state index is 0.00834. The number of aryl methyl sites for hydroxylation is 2. The lowest BCUT2D eigenvalue weighted by molar-refractivity contribution is -0.142. The third-order valence-corrected chi connectivity index (χ3v) is 19.7. The Morgan fingerprint density at radius 3 is 1.92 bits per heavy atom. The van der Waals surface area contributed by atoms with Gasteiger partial charge in [0.2, 0.25) is 17.8 Å². The highest BCUT2D eigenvalue weighted by atomic mass is 35.5. The molecule has 0 spiro atoms.